The van der Waals surface area contributed by atoms with Crippen molar-refractivity contribution < 1.29 is 9.53 Å². The first-order valence-electron chi connectivity index (χ1n) is 11.9. The molecular formula is C23H46N4O2. The summed E-state index contributed by atoms with van der Waals surface area (Å²) >= 11 is 0. The fourth-order valence-electron chi connectivity index (χ4n) is 3.28. The van der Waals surface area contributed by atoms with Crippen LogP contribution in [0.5, 0.6) is 0 Å². The van der Waals surface area contributed by atoms with E-state index in [-0.39, 0.29) is 5.91 Å². The summed E-state index contributed by atoms with van der Waals surface area (Å²) in [5, 5.41) is 14.2. The number of carbonyl (C=O) groups is 1. The van der Waals surface area contributed by atoms with Crippen molar-refractivity contribution in [3.63, 3.8) is 0 Å². The summed E-state index contributed by atoms with van der Waals surface area (Å²) in [6.45, 7) is 5.95. The summed E-state index contributed by atoms with van der Waals surface area (Å²) in [5.74, 6) is 0.163. The van der Waals surface area contributed by atoms with Crippen molar-refractivity contribution >= 4 is 11.6 Å². The van der Waals surface area contributed by atoms with Crippen LogP contribution in [0.15, 0.2) is 15.4 Å². The topological polar surface area (TPSA) is 75.4 Å². The van der Waals surface area contributed by atoms with Crippen LogP contribution in [0.1, 0.15) is 110 Å². The maximum atomic E-state index is 11.6. The normalized spacial score (nSPS) is 12.0. The molecule has 0 unspecified atom stereocenters. The van der Waals surface area contributed by atoms with Gasteiger partial charge in [0.15, 0.2) is 0 Å². The van der Waals surface area contributed by atoms with Crippen LogP contribution in [0.4, 0.5) is 0 Å². The van der Waals surface area contributed by atoms with Crippen molar-refractivity contribution in [3.8, 4) is 0 Å². The summed E-state index contributed by atoms with van der Waals surface area (Å²) in [5.41, 5.74) is 1.08. The number of hydrogen-bond acceptors (Lipinski definition) is 4. The molecule has 6 nitrogen and oxygen atoms in total. The molecule has 6 heteroatoms. The van der Waals surface area contributed by atoms with E-state index >= 15 is 0 Å². The van der Waals surface area contributed by atoms with E-state index in [1.54, 1.807) is 7.05 Å². The van der Waals surface area contributed by atoms with Crippen molar-refractivity contribution in [2.75, 3.05) is 26.8 Å². The van der Waals surface area contributed by atoms with Gasteiger partial charge < -0.3 is 10.1 Å². The monoisotopic (exact) mass is 410 g/mol. The highest BCUT2D eigenvalue weighted by Gasteiger charge is 2.00. The highest BCUT2D eigenvalue weighted by molar-refractivity contribution is 5.81. The van der Waals surface area contributed by atoms with Crippen LogP contribution in [0.25, 0.3) is 0 Å². The van der Waals surface area contributed by atoms with Gasteiger partial charge in [0.25, 0.3) is 0 Å². The van der Waals surface area contributed by atoms with E-state index in [9.17, 15) is 4.79 Å². The molecule has 1 N–H and O–H groups in total. The molecule has 0 aromatic heterocycles. The Hall–Kier alpha value is -1.30. The zero-order valence-electron chi connectivity index (χ0n) is 19.4. The Bertz CT molecular complexity index is 425. The van der Waals surface area contributed by atoms with Gasteiger partial charge in [-0.05, 0) is 33.1 Å². The van der Waals surface area contributed by atoms with Gasteiger partial charge in [-0.3, -0.25) is 4.79 Å². The minimum absolute atomic E-state index is 0.163. The minimum Gasteiger partial charge on any atom is -0.380 e. The third kappa shape index (κ3) is 22.8. The predicted molar refractivity (Wildman–Crippen MR) is 123 cm³/mol. The van der Waals surface area contributed by atoms with Gasteiger partial charge in [0.2, 0.25) is 5.91 Å². The van der Waals surface area contributed by atoms with Crippen molar-refractivity contribution in [1.29, 1.82) is 0 Å². The Balaban J connectivity index is 3.19. The molecule has 29 heavy (non-hydrogen) atoms. The average molecular weight is 411 g/mol. The molecule has 0 heterocycles. The zero-order chi connectivity index (χ0) is 21.4. The number of rotatable bonds is 21. The highest BCUT2D eigenvalue weighted by Crippen LogP contribution is 2.13. The van der Waals surface area contributed by atoms with E-state index in [4.69, 9.17) is 4.74 Å². The molecule has 0 fully saturated rings. The number of amides is 1. The number of nitrogens with one attached hydrogen (secondary N) is 1. The van der Waals surface area contributed by atoms with Crippen LogP contribution in [0.3, 0.4) is 0 Å². The smallest absolute Gasteiger partial charge is 0.220 e. The molecule has 170 valence electrons. The lowest BCUT2D eigenvalue weighted by molar-refractivity contribution is -0.121. The van der Waals surface area contributed by atoms with E-state index in [1.807, 2.05) is 13.8 Å². The fourth-order valence-corrected chi connectivity index (χ4v) is 3.28. The van der Waals surface area contributed by atoms with Crippen LogP contribution in [-0.2, 0) is 9.53 Å². The van der Waals surface area contributed by atoms with Gasteiger partial charge in [-0.2, -0.15) is 5.11 Å². The van der Waals surface area contributed by atoms with Crippen LogP contribution >= 0.6 is 0 Å². The summed E-state index contributed by atoms with van der Waals surface area (Å²) in [7, 11) is 1.65. The molecule has 0 aliphatic carbocycles. The first-order valence-corrected chi connectivity index (χ1v) is 11.9. The number of hydrogen-bond donors (Lipinski definition) is 1. The first-order chi connectivity index (χ1) is 14.2. The molecule has 0 bridgehead atoms. The Kier molecular flexibility index (Phi) is 22.0. The molecule has 1 amide bonds. The van der Waals surface area contributed by atoms with Gasteiger partial charge in [-0.25, -0.2) is 0 Å². The molecule has 0 aromatic carbocycles. The Morgan fingerprint density at radius 1 is 0.793 bits per heavy atom. The second kappa shape index (κ2) is 23.0. The van der Waals surface area contributed by atoms with Crippen LogP contribution in [0, 0.1) is 0 Å². The SMILES string of the molecule is CCOCCNC(=O)CCCCCCCCCCCCCCC/C(C)=N/N=NC. The highest BCUT2D eigenvalue weighted by atomic mass is 16.5. The predicted octanol–water partition coefficient (Wildman–Crippen LogP) is 6.45. The Morgan fingerprint density at radius 3 is 1.76 bits per heavy atom. The fraction of sp³-hybridized carbons (Fsp3) is 0.913. The van der Waals surface area contributed by atoms with Crippen LogP contribution in [-0.4, -0.2) is 38.4 Å². The van der Waals surface area contributed by atoms with E-state index in [2.05, 4.69) is 20.8 Å². The summed E-state index contributed by atoms with van der Waals surface area (Å²) < 4.78 is 5.21. The molecule has 0 saturated heterocycles. The summed E-state index contributed by atoms with van der Waals surface area (Å²) in [4.78, 5) is 11.6. The summed E-state index contributed by atoms with van der Waals surface area (Å²) in [6.07, 6.45) is 18.5. The standard InChI is InChI=1S/C23H46N4O2/c1-4-29-21-20-25-23(28)19-17-15-13-11-9-7-5-6-8-10-12-14-16-18-22(2)26-27-24-3/h4-21H2,1-3H3,(H,25,28)/b26-22+,27-24?. The van der Waals surface area contributed by atoms with E-state index in [1.165, 1.54) is 77.0 Å². The van der Waals surface area contributed by atoms with Crippen molar-refractivity contribution in [2.24, 2.45) is 15.4 Å². The second-order valence-electron chi connectivity index (χ2n) is 7.77. The molecule has 0 spiro atoms. The van der Waals surface area contributed by atoms with Gasteiger partial charge in [0, 0.05) is 25.3 Å². The summed E-state index contributed by atoms with van der Waals surface area (Å²) in [6, 6.07) is 0. The van der Waals surface area contributed by atoms with Crippen LogP contribution < -0.4 is 5.32 Å². The van der Waals surface area contributed by atoms with E-state index < -0.39 is 0 Å². The number of ether oxygens (including phenoxy) is 1. The van der Waals surface area contributed by atoms with Gasteiger partial charge in [-0.15, -0.1) is 5.10 Å². The number of carbonyl (C=O) groups excluding carboxylic acids is 1. The lowest BCUT2D eigenvalue weighted by atomic mass is 10.0. The van der Waals surface area contributed by atoms with Crippen molar-refractivity contribution in [1.82, 2.24) is 5.32 Å². The Labute approximate surface area is 179 Å². The average Bonchev–Trinajstić information content (AvgIpc) is 2.72. The molecule has 0 aliphatic heterocycles. The minimum atomic E-state index is 0.163. The third-order valence-electron chi connectivity index (χ3n) is 5.02. The van der Waals surface area contributed by atoms with Gasteiger partial charge in [-0.1, -0.05) is 75.9 Å². The molecule has 0 atom stereocenters. The van der Waals surface area contributed by atoms with E-state index in [0.29, 0.717) is 26.2 Å². The van der Waals surface area contributed by atoms with Gasteiger partial charge in [0.1, 0.15) is 0 Å². The Morgan fingerprint density at radius 2 is 1.28 bits per heavy atom. The van der Waals surface area contributed by atoms with E-state index in [0.717, 1.165) is 18.6 Å². The first kappa shape index (κ1) is 27.7. The van der Waals surface area contributed by atoms with Gasteiger partial charge >= 0.3 is 0 Å². The lowest BCUT2D eigenvalue weighted by Crippen LogP contribution is -2.26. The number of nitrogens with zero attached hydrogens (tertiary/aromatic N) is 3. The number of unbranched alkanes of at least 4 members (excludes halogenated alkanes) is 12. The molecule has 0 rings (SSSR count). The third-order valence-corrected chi connectivity index (χ3v) is 5.02. The van der Waals surface area contributed by atoms with Gasteiger partial charge in [0.05, 0.1) is 13.7 Å². The largest absolute Gasteiger partial charge is 0.380 e. The van der Waals surface area contributed by atoms with Crippen LogP contribution in [0.2, 0.25) is 0 Å². The molecule has 0 aromatic rings. The lowest BCUT2D eigenvalue weighted by Gasteiger charge is -2.05. The molecular weight excluding hydrogens is 364 g/mol. The molecule has 0 radical (unpaired) electrons. The zero-order valence-corrected chi connectivity index (χ0v) is 19.4. The molecule has 0 aliphatic rings. The maximum absolute atomic E-state index is 11.6. The van der Waals surface area contributed by atoms with Crippen molar-refractivity contribution in [2.45, 2.75) is 110 Å². The maximum Gasteiger partial charge on any atom is 0.220 e. The second-order valence-corrected chi connectivity index (χ2v) is 7.77. The van der Waals surface area contributed by atoms with Crippen molar-refractivity contribution in [3.05, 3.63) is 0 Å². The molecule has 0 saturated carbocycles. The quantitative estimate of drug-likeness (QED) is 0.102.